The van der Waals surface area contributed by atoms with Crippen LogP contribution in [0.25, 0.3) is 0 Å². The second kappa shape index (κ2) is 6.43. The first kappa shape index (κ1) is 14.3. The van der Waals surface area contributed by atoms with Gasteiger partial charge in [-0.2, -0.15) is 0 Å². The number of aromatic nitrogens is 1. The van der Waals surface area contributed by atoms with E-state index in [1.807, 2.05) is 24.5 Å². The Hall–Kier alpha value is -1.62. The van der Waals surface area contributed by atoms with Gasteiger partial charge in [-0.05, 0) is 59.1 Å². The number of rotatable bonds is 3. The molecule has 0 spiro atoms. The first-order valence-corrected chi connectivity index (χ1v) is 7.88. The highest BCUT2D eigenvalue weighted by atomic mass is 79.9. The van der Waals surface area contributed by atoms with Crippen LogP contribution >= 0.6 is 15.9 Å². The first-order chi connectivity index (χ1) is 10.2. The molecule has 1 fully saturated rings. The molecule has 0 aliphatic carbocycles. The van der Waals surface area contributed by atoms with Gasteiger partial charge in [0, 0.05) is 42.9 Å². The van der Waals surface area contributed by atoms with E-state index >= 15 is 0 Å². The molecule has 1 saturated heterocycles. The van der Waals surface area contributed by atoms with Gasteiger partial charge >= 0.3 is 0 Å². The minimum Gasteiger partial charge on any atom is -0.382 e. The van der Waals surface area contributed by atoms with E-state index in [0.717, 1.165) is 31.6 Å². The van der Waals surface area contributed by atoms with Crippen molar-refractivity contribution in [3.05, 3.63) is 53.0 Å². The second-order valence-corrected chi connectivity index (χ2v) is 6.09. The number of hydrogen-bond donors (Lipinski definition) is 1. The highest BCUT2D eigenvalue weighted by Crippen LogP contribution is 2.24. The molecular weight excluding hydrogens is 333 g/mol. The predicted molar refractivity (Wildman–Crippen MR) is 87.2 cm³/mol. The molecule has 0 amide bonds. The number of hydrogen-bond acceptors (Lipinski definition) is 3. The fourth-order valence-corrected chi connectivity index (χ4v) is 3.04. The molecule has 0 saturated carbocycles. The third-order valence-corrected chi connectivity index (χ3v) is 4.42. The molecule has 1 aromatic heterocycles. The van der Waals surface area contributed by atoms with E-state index in [1.165, 1.54) is 11.8 Å². The van der Waals surface area contributed by atoms with Gasteiger partial charge in [0.2, 0.25) is 0 Å². The lowest BCUT2D eigenvalue weighted by atomic mass is 10.0. The zero-order valence-corrected chi connectivity index (χ0v) is 13.2. The lowest BCUT2D eigenvalue weighted by Gasteiger charge is -2.34. The largest absolute Gasteiger partial charge is 0.382 e. The molecule has 1 N–H and O–H groups in total. The van der Waals surface area contributed by atoms with Gasteiger partial charge < -0.3 is 10.2 Å². The van der Waals surface area contributed by atoms with Crippen LogP contribution in [0.15, 0.2) is 47.2 Å². The summed E-state index contributed by atoms with van der Waals surface area (Å²) in [4.78, 5) is 6.43. The molecule has 21 heavy (non-hydrogen) atoms. The van der Waals surface area contributed by atoms with E-state index in [-0.39, 0.29) is 5.82 Å². The van der Waals surface area contributed by atoms with Crippen LogP contribution in [0.4, 0.5) is 15.8 Å². The standard InChI is InChI=1S/C16H17BrFN3/c17-15-11-13(1-2-16(15)18)20-12-5-9-21(10-6-12)14-3-7-19-8-4-14/h1-4,7-8,11-12,20H,5-6,9-10H2. The lowest BCUT2D eigenvalue weighted by Crippen LogP contribution is -2.39. The highest BCUT2D eigenvalue weighted by molar-refractivity contribution is 9.10. The summed E-state index contributed by atoms with van der Waals surface area (Å²) in [6, 6.07) is 9.59. The van der Waals surface area contributed by atoms with E-state index in [4.69, 9.17) is 0 Å². The summed E-state index contributed by atoms with van der Waals surface area (Å²) in [6.45, 7) is 2.04. The third kappa shape index (κ3) is 3.53. The van der Waals surface area contributed by atoms with Gasteiger partial charge in [0.1, 0.15) is 5.82 Å². The maximum Gasteiger partial charge on any atom is 0.137 e. The van der Waals surface area contributed by atoms with Crippen LogP contribution in [0.5, 0.6) is 0 Å². The fourth-order valence-electron chi connectivity index (χ4n) is 2.66. The molecule has 1 aliphatic heterocycles. The van der Waals surface area contributed by atoms with Crippen molar-refractivity contribution in [2.24, 2.45) is 0 Å². The van der Waals surface area contributed by atoms with Gasteiger partial charge in [-0.25, -0.2) is 4.39 Å². The maximum atomic E-state index is 13.2. The van der Waals surface area contributed by atoms with Crippen LogP contribution in [-0.4, -0.2) is 24.1 Å². The molecule has 1 aromatic carbocycles. The summed E-state index contributed by atoms with van der Waals surface area (Å²) in [7, 11) is 0. The number of anilines is 2. The summed E-state index contributed by atoms with van der Waals surface area (Å²) in [5.74, 6) is -0.229. The number of pyridine rings is 1. The average molecular weight is 350 g/mol. The third-order valence-electron chi connectivity index (χ3n) is 3.81. The van der Waals surface area contributed by atoms with Crippen LogP contribution in [-0.2, 0) is 0 Å². The maximum absolute atomic E-state index is 13.2. The van der Waals surface area contributed by atoms with E-state index in [2.05, 4.69) is 31.1 Å². The molecule has 0 atom stereocenters. The Balaban J connectivity index is 1.57. The Morgan fingerprint density at radius 2 is 1.86 bits per heavy atom. The van der Waals surface area contributed by atoms with Gasteiger partial charge in [0.05, 0.1) is 4.47 Å². The van der Waals surface area contributed by atoms with E-state index < -0.39 is 0 Å². The Labute approximate surface area is 132 Å². The van der Waals surface area contributed by atoms with E-state index in [1.54, 1.807) is 12.1 Å². The van der Waals surface area contributed by atoms with E-state index in [0.29, 0.717) is 10.5 Å². The summed E-state index contributed by atoms with van der Waals surface area (Å²) < 4.78 is 13.7. The SMILES string of the molecule is Fc1ccc(NC2CCN(c3ccncc3)CC2)cc1Br. The van der Waals surface area contributed by atoms with Crippen molar-refractivity contribution in [1.29, 1.82) is 0 Å². The Morgan fingerprint density at radius 1 is 1.14 bits per heavy atom. The van der Waals surface area contributed by atoms with E-state index in [9.17, 15) is 4.39 Å². The Bertz CT molecular complexity index is 598. The predicted octanol–water partition coefficient (Wildman–Crippen LogP) is 4.06. The summed E-state index contributed by atoms with van der Waals surface area (Å²) >= 11 is 3.22. The molecule has 3 rings (SSSR count). The van der Waals surface area contributed by atoms with Gasteiger partial charge in [-0.1, -0.05) is 0 Å². The van der Waals surface area contributed by atoms with Crippen LogP contribution in [0.2, 0.25) is 0 Å². The molecular formula is C16H17BrFN3. The first-order valence-electron chi connectivity index (χ1n) is 7.09. The second-order valence-electron chi connectivity index (χ2n) is 5.24. The number of nitrogens with one attached hydrogen (secondary N) is 1. The molecule has 1 aliphatic rings. The van der Waals surface area contributed by atoms with Crippen LogP contribution < -0.4 is 10.2 Å². The van der Waals surface area contributed by atoms with Crippen LogP contribution in [0.3, 0.4) is 0 Å². The molecule has 2 aromatic rings. The molecule has 2 heterocycles. The van der Waals surface area contributed by atoms with Gasteiger partial charge in [-0.3, -0.25) is 4.98 Å². The highest BCUT2D eigenvalue weighted by Gasteiger charge is 2.19. The Kier molecular flexibility index (Phi) is 4.39. The molecule has 0 radical (unpaired) electrons. The number of halogens is 2. The van der Waals surface area contributed by atoms with Crippen molar-refractivity contribution in [2.75, 3.05) is 23.3 Å². The van der Waals surface area contributed by atoms with Crippen LogP contribution in [0.1, 0.15) is 12.8 Å². The minimum absolute atomic E-state index is 0.229. The Morgan fingerprint density at radius 3 is 2.52 bits per heavy atom. The smallest absolute Gasteiger partial charge is 0.137 e. The zero-order valence-electron chi connectivity index (χ0n) is 11.6. The molecule has 110 valence electrons. The molecule has 3 nitrogen and oxygen atoms in total. The average Bonchev–Trinajstić information content (AvgIpc) is 2.53. The molecule has 0 unspecified atom stereocenters. The topological polar surface area (TPSA) is 28.2 Å². The van der Waals surface area contributed by atoms with Gasteiger partial charge in [0.15, 0.2) is 0 Å². The zero-order chi connectivity index (χ0) is 14.7. The van der Waals surface area contributed by atoms with Crippen molar-refractivity contribution in [2.45, 2.75) is 18.9 Å². The van der Waals surface area contributed by atoms with Crippen molar-refractivity contribution in [3.8, 4) is 0 Å². The monoisotopic (exact) mass is 349 g/mol. The van der Waals surface area contributed by atoms with Crippen molar-refractivity contribution in [3.63, 3.8) is 0 Å². The summed E-state index contributed by atoms with van der Waals surface area (Å²) in [5.41, 5.74) is 2.19. The quantitative estimate of drug-likeness (QED) is 0.905. The fraction of sp³-hybridized carbons (Fsp3) is 0.312. The summed E-state index contributed by atoms with van der Waals surface area (Å²) in [6.07, 6.45) is 5.79. The van der Waals surface area contributed by atoms with Crippen molar-refractivity contribution >= 4 is 27.3 Å². The lowest BCUT2D eigenvalue weighted by molar-refractivity contribution is 0.526. The molecule has 0 bridgehead atoms. The van der Waals surface area contributed by atoms with Crippen molar-refractivity contribution < 1.29 is 4.39 Å². The minimum atomic E-state index is -0.229. The van der Waals surface area contributed by atoms with Crippen molar-refractivity contribution in [1.82, 2.24) is 4.98 Å². The summed E-state index contributed by atoms with van der Waals surface area (Å²) in [5, 5.41) is 3.49. The molecule has 5 heteroatoms. The number of benzene rings is 1. The number of piperidine rings is 1. The normalized spacial score (nSPS) is 16.0. The number of nitrogens with zero attached hydrogens (tertiary/aromatic N) is 2. The van der Waals surface area contributed by atoms with Gasteiger partial charge in [0.25, 0.3) is 0 Å². The van der Waals surface area contributed by atoms with Gasteiger partial charge in [-0.15, -0.1) is 0 Å². The van der Waals surface area contributed by atoms with Crippen LogP contribution in [0, 0.1) is 5.82 Å².